The van der Waals surface area contributed by atoms with Gasteiger partial charge in [0.25, 0.3) is 0 Å². The third kappa shape index (κ3) is 2.67. The van der Waals surface area contributed by atoms with E-state index >= 15 is 0 Å². The maximum atomic E-state index is 5.80. The van der Waals surface area contributed by atoms with E-state index in [0.29, 0.717) is 0 Å². The van der Waals surface area contributed by atoms with Gasteiger partial charge in [-0.05, 0) is 31.5 Å². The predicted octanol–water partition coefficient (Wildman–Crippen LogP) is 3.30. The molecule has 2 aromatic rings. The van der Waals surface area contributed by atoms with Crippen molar-refractivity contribution < 1.29 is 4.74 Å². The zero-order chi connectivity index (χ0) is 12.3. The molecule has 0 saturated carbocycles. The number of ether oxygens (including phenoxy) is 1. The Bertz CT molecular complexity index is 523. The lowest BCUT2D eigenvalue weighted by Gasteiger charge is -2.10. The molecule has 1 aromatic heterocycles. The molecule has 90 valence electrons. The van der Waals surface area contributed by atoms with E-state index in [2.05, 4.69) is 11.9 Å². The van der Waals surface area contributed by atoms with Crippen molar-refractivity contribution >= 4 is 16.6 Å². The molecule has 0 saturated heterocycles. The summed E-state index contributed by atoms with van der Waals surface area (Å²) in [7, 11) is 0. The van der Waals surface area contributed by atoms with Crippen LogP contribution < -0.4 is 10.5 Å². The van der Waals surface area contributed by atoms with Crippen molar-refractivity contribution in [3.63, 3.8) is 0 Å². The molecule has 0 aliphatic rings. The molecule has 0 bridgehead atoms. The number of aromatic nitrogens is 1. The van der Waals surface area contributed by atoms with E-state index in [4.69, 9.17) is 10.5 Å². The number of hydrogen-bond donors (Lipinski definition) is 1. The highest BCUT2D eigenvalue weighted by Gasteiger charge is 2.05. The summed E-state index contributed by atoms with van der Waals surface area (Å²) in [5.41, 5.74) is 8.44. The monoisotopic (exact) mass is 230 g/mol. The quantitative estimate of drug-likeness (QED) is 0.647. The van der Waals surface area contributed by atoms with Gasteiger partial charge in [0.15, 0.2) is 0 Å². The average Bonchev–Trinajstić information content (AvgIpc) is 2.30. The highest BCUT2D eigenvalue weighted by Crippen LogP contribution is 2.27. The van der Waals surface area contributed by atoms with Gasteiger partial charge in [0.05, 0.1) is 12.1 Å². The van der Waals surface area contributed by atoms with Crippen molar-refractivity contribution in [3.05, 3.63) is 30.0 Å². The van der Waals surface area contributed by atoms with Gasteiger partial charge in [0.2, 0.25) is 0 Å². The number of anilines is 1. The Balaban J connectivity index is 2.40. The van der Waals surface area contributed by atoms with Crippen LogP contribution in [0.5, 0.6) is 5.75 Å². The van der Waals surface area contributed by atoms with Crippen LogP contribution in [0.3, 0.4) is 0 Å². The zero-order valence-corrected chi connectivity index (χ0v) is 10.4. The van der Waals surface area contributed by atoms with Crippen LogP contribution in [0, 0.1) is 6.92 Å². The van der Waals surface area contributed by atoms with E-state index < -0.39 is 0 Å². The molecule has 2 rings (SSSR count). The fourth-order valence-electron chi connectivity index (χ4n) is 1.78. The molecule has 0 unspecified atom stereocenters. The lowest BCUT2D eigenvalue weighted by atomic mass is 10.1. The summed E-state index contributed by atoms with van der Waals surface area (Å²) in [4.78, 5) is 4.47. The van der Waals surface area contributed by atoms with Crippen molar-refractivity contribution in [1.29, 1.82) is 0 Å². The first-order valence-corrected chi connectivity index (χ1v) is 6.00. The standard InChI is InChI=1S/C14H18N2O/c1-3-4-7-17-14-8-10(2)16-13-6-5-11(15)9-12(13)14/h5-6,8-9H,3-4,7,15H2,1-2H3. The minimum atomic E-state index is 0.739. The van der Waals surface area contributed by atoms with Gasteiger partial charge in [-0.2, -0.15) is 0 Å². The molecule has 2 N–H and O–H groups in total. The SMILES string of the molecule is CCCCOc1cc(C)nc2ccc(N)cc12. The number of pyridine rings is 1. The van der Waals surface area contributed by atoms with Gasteiger partial charge >= 0.3 is 0 Å². The minimum absolute atomic E-state index is 0.739. The van der Waals surface area contributed by atoms with Gasteiger partial charge in [-0.3, -0.25) is 4.98 Å². The number of nitrogens with two attached hydrogens (primary N) is 1. The molecule has 1 heterocycles. The van der Waals surface area contributed by atoms with E-state index in [1.165, 1.54) is 0 Å². The number of rotatable bonds is 4. The molecular weight excluding hydrogens is 212 g/mol. The number of unbranched alkanes of at least 4 members (excludes halogenated alkanes) is 1. The molecule has 0 aliphatic carbocycles. The molecule has 3 nitrogen and oxygen atoms in total. The third-order valence-corrected chi connectivity index (χ3v) is 2.68. The topological polar surface area (TPSA) is 48.1 Å². The number of hydrogen-bond acceptors (Lipinski definition) is 3. The molecule has 1 aromatic carbocycles. The molecule has 17 heavy (non-hydrogen) atoms. The Labute approximate surface area is 102 Å². The normalized spacial score (nSPS) is 10.7. The number of aryl methyl sites for hydroxylation is 1. The number of nitrogens with zero attached hydrogens (tertiary/aromatic N) is 1. The largest absolute Gasteiger partial charge is 0.493 e. The molecule has 0 fully saturated rings. The summed E-state index contributed by atoms with van der Waals surface area (Å²) in [6.45, 7) is 4.86. The summed E-state index contributed by atoms with van der Waals surface area (Å²) < 4.78 is 5.80. The molecular formula is C14H18N2O. The highest BCUT2D eigenvalue weighted by molar-refractivity contribution is 5.87. The van der Waals surface area contributed by atoms with Crippen molar-refractivity contribution in [2.45, 2.75) is 26.7 Å². The predicted molar refractivity (Wildman–Crippen MR) is 71.3 cm³/mol. The maximum absolute atomic E-state index is 5.80. The van der Waals surface area contributed by atoms with Gasteiger partial charge in [-0.25, -0.2) is 0 Å². The molecule has 0 atom stereocenters. The Hall–Kier alpha value is -1.77. The van der Waals surface area contributed by atoms with Crippen molar-refractivity contribution in [2.24, 2.45) is 0 Å². The second kappa shape index (κ2) is 5.04. The first-order chi connectivity index (χ1) is 8.20. The summed E-state index contributed by atoms with van der Waals surface area (Å²) in [6, 6.07) is 7.69. The average molecular weight is 230 g/mol. The van der Waals surface area contributed by atoms with Crippen molar-refractivity contribution in [3.8, 4) is 5.75 Å². The second-order valence-electron chi connectivity index (χ2n) is 4.24. The first kappa shape index (κ1) is 11.7. The van der Waals surface area contributed by atoms with Gasteiger partial charge < -0.3 is 10.5 Å². The van der Waals surface area contributed by atoms with E-state index in [0.717, 1.165) is 47.5 Å². The molecule has 0 amide bonds. The Morgan fingerprint density at radius 3 is 2.88 bits per heavy atom. The number of fused-ring (bicyclic) bond motifs is 1. The molecule has 0 spiro atoms. The first-order valence-electron chi connectivity index (χ1n) is 6.00. The Morgan fingerprint density at radius 2 is 2.12 bits per heavy atom. The molecule has 0 radical (unpaired) electrons. The highest BCUT2D eigenvalue weighted by atomic mass is 16.5. The Kier molecular flexibility index (Phi) is 3.47. The van der Waals surface area contributed by atoms with Gasteiger partial charge in [-0.1, -0.05) is 13.3 Å². The van der Waals surface area contributed by atoms with E-state index in [1.807, 2.05) is 31.2 Å². The smallest absolute Gasteiger partial charge is 0.130 e. The number of benzene rings is 1. The summed E-state index contributed by atoms with van der Waals surface area (Å²) in [5.74, 6) is 0.883. The minimum Gasteiger partial charge on any atom is -0.493 e. The Morgan fingerprint density at radius 1 is 1.29 bits per heavy atom. The van der Waals surface area contributed by atoms with Crippen molar-refractivity contribution in [1.82, 2.24) is 4.98 Å². The fraction of sp³-hybridized carbons (Fsp3) is 0.357. The summed E-state index contributed by atoms with van der Waals surface area (Å²) in [5, 5.41) is 0.992. The van der Waals surface area contributed by atoms with Crippen LogP contribution in [0.15, 0.2) is 24.3 Å². The third-order valence-electron chi connectivity index (χ3n) is 2.68. The van der Waals surface area contributed by atoms with E-state index in [1.54, 1.807) is 0 Å². The fourth-order valence-corrected chi connectivity index (χ4v) is 1.78. The zero-order valence-electron chi connectivity index (χ0n) is 10.4. The lowest BCUT2D eigenvalue weighted by molar-refractivity contribution is 0.312. The van der Waals surface area contributed by atoms with Crippen LogP contribution >= 0.6 is 0 Å². The molecule has 0 aliphatic heterocycles. The van der Waals surface area contributed by atoms with Crippen LogP contribution in [-0.2, 0) is 0 Å². The summed E-state index contributed by atoms with van der Waals surface area (Å²) >= 11 is 0. The van der Waals surface area contributed by atoms with E-state index in [-0.39, 0.29) is 0 Å². The maximum Gasteiger partial charge on any atom is 0.130 e. The van der Waals surface area contributed by atoms with Gasteiger partial charge in [-0.15, -0.1) is 0 Å². The number of nitrogen functional groups attached to an aromatic ring is 1. The summed E-state index contributed by atoms with van der Waals surface area (Å²) in [6.07, 6.45) is 2.19. The van der Waals surface area contributed by atoms with Crippen LogP contribution in [0.4, 0.5) is 5.69 Å². The van der Waals surface area contributed by atoms with Crippen LogP contribution in [0.1, 0.15) is 25.5 Å². The molecule has 3 heteroatoms. The van der Waals surface area contributed by atoms with Crippen molar-refractivity contribution in [2.75, 3.05) is 12.3 Å². The second-order valence-corrected chi connectivity index (χ2v) is 4.24. The van der Waals surface area contributed by atoms with Gasteiger partial charge in [0, 0.05) is 22.8 Å². The van der Waals surface area contributed by atoms with E-state index in [9.17, 15) is 0 Å². The van der Waals surface area contributed by atoms with Crippen LogP contribution in [0.2, 0.25) is 0 Å². The van der Waals surface area contributed by atoms with Crippen LogP contribution in [0.25, 0.3) is 10.9 Å². The van der Waals surface area contributed by atoms with Gasteiger partial charge in [0.1, 0.15) is 5.75 Å². The lowest BCUT2D eigenvalue weighted by Crippen LogP contribution is -1.99. The van der Waals surface area contributed by atoms with Crippen LogP contribution in [-0.4, -0.2) is 11.6 Å².